The third-order valence-corrected chi connectivity index (χ3v) is 6.03. The van der Waals surface area contributed by atoms with Gasteiger partial charge in [-0.15, -0.1) is 11.3 Å². The van der Waals surface area contributed by atoms with Crippen molar-refractivity contribution in [2.24, 2.45) is 5.92 Å². The second kappa shape index (κ2) is 7.07. The molecule has 2 aromatic rings. The molecule has 2 aliphatic rings. The zero-order valence-electron chi connectivity index (χ0n) is 13.9. The van der Waals surface area contributed by atoms with Gasteiger partial charge in [-0.2, -0.15) is 5.10 Å². The van der Waals surface area contributed by atoms with Crippen LogP contribution in [0.2, 0.25) is 0 Å². The van der Waals surface area contributed by atoms with Gasteiger partial charge in [0.25, 0.3) is 0 Å². The van der Waals surface area contributed by atoms with Gasteiger partial charge in [-0.1, -0.05) is 12.5 Å². The highest BCUT2D eigenvalue weighted by atomic mass is 32.1. The van der Waals surface area contributed by atoms with Crippen molar-refractivity contribution >= 4 is 17.2 Å². The zero-order chi connectivity index (χ0) is 16.4. The smallest absolute Gasteiger partial charge is 0.222 e. The van der Waals surface area contributed by atoms with E-state index in [0.29, 0.717) is 13.0 Å². The summed E-state index contributed by atoms with van der Waals surface area (Å²) in [6.07, 6.45) is 6.47. The van der Waals surface area contributed by atoms with E-state index in [-0.39, 0.29) is 11.9 Å². The summed E-state index contributed by atoms with van der Waals surface area (Å²) >= 11 is 1.68. The largest absolute Gasteiger partial charge is 0.351 e. The Morgan fingerprint density at radius 2 is 2.29 bits per heavy atom. The number of fused-ring (bicyclic) bond motifs is 1. The van der Waals surface area contributed by atoms with Crippen LogP contribution >= 0.6 is 11.3 Å². The van der Waals surface area contributed by atoms with Gasteiger partial charge < -0.3 is 5.32 Å². The highest BCUT2D eigenvalue weighted by molar-refractivity contribution is 7.09. The van der Waals surface area contributed by atoms with Gasteiger partial charge in [0, 0.05) is 30.7 Å². The number of carbonyl (C=O) groups excluding carboxylic acids is 1. The molecule has 4 rings (SSSR count). The first-order valence-corrected chi connectivity index (χ1v) is 9.70. The number of nitrogens with zero attached hydrogens (tertiary/aromatic N) is 3. The predicted molar refractivity (Wildman–Crippen MR) is 94.7 cm³/mol. The molecule has 1 aliphatic carbocycles. The number of hydrogen-bond donors (Lipinski definition) is 1. The lowest BCUT2D eigenvalue weighted by molar-refractivity contribution is -0.122. The molecule has 1 saturated carbocycles. The van der Waals surface area contributed by atoms with E-state index in [1.807, 2.05) is 17.6 Å². The van der Waals surface area contributed by atoms with Crippen molar-refractivity contribution in [3.63, 3.8) is 0 Å². The summed E-state index contributed by atoms with van der Waals surface area (Å²) in [7, 11) is 0. The zero-order valence-corrected chi connectivity index (χ0v) is 14.7. The maximum atomic E-state index is 12.4. The second-order valence-corrected chi connectivity index (χ2v) is 8.00. The quantitative estimate of drug-likeness (QED) is 0.877. The van der Waals surface area contributed by atoms with Gasteiger partial charge in [0.2, 0.25) is 5.91 Å². The Morgan fingerprint density at radius 3 is 3.04 bits per heavy atom. The summed E-state index contributed by atoms with van der Waals surface area (Å²) in [5.41, 5.74) is 1.23. The van der Waals surface area contributed by atoms with E-state index in [0.717, 1.165) is 19.0 Å². The second-order valence-electron chi connectivity index (χ2n) is 6.97. The van der Waals surface area contributed by atoms with Gasteiger partial charge in [-0.05, 0) is 36.3 Å². The van der Waals surface area contributed by atoms with Crippen molar-refractivity contribution in [1.82, 2.24) is 20.0 Å². The van der Waals surface area contributed by atoms with Crippen LogP contribution in [0.4, 0.5) is 0 Å². The Labute approximate surface area is 146 Å². The Balaban J connectivity index is 1.36. The number of aromatic nitrogens is 2. The van der Waals surface area contributed by atoms with Gasteiger partial charge in [-0.25, -0.2) is 0 Å². The summed E-state index contributed by atoms with van der Waals surface area (Å²) < 4.78 is 2.06. The lowest BCUT2D eigenvalue weighted by Gasteiger charge is -2.38. The lowest BCUT2D eigenvalue weighted by atomic mass is 9.85. The van der Waals surface area contributed by atoms with Crippen molar-refractivity contribution < 1.29 is 4.79 Å². The molecule has 1 aliphatic heterocycles. The first kappa shape index (κ1) is 15.8. The molecule has 0 bridgehead atoms. The third-order valence-electron chi connectivity index (χ3n) is 5.15. The summed E-state index contributed by atoms with van der Waals surface area (Å²) in [6.45, 7) is 3.68. The number of rotatable bonds is 6. The molecule has 3 heterocycles. The Bertz CT molecular complexity index is 677. The number of amides is 1. The molecule has 1 N–H and O–H groups in total. The molecule has 0 saturated heterocycles. The van der Waals surface area contributed by atoms with Crippen LogP contribution in [0.3, 0.4) is 0 Å². The number of nitrogens with one attached hydrogen (secondary N) is 1. The topological polar surface area (TPSA) is 50.2 Å². The molecule has 2 aromatic heterocycles. The van der Waals surface area contributed by atoms with Crippen LogP contribution in [0.15, 0.2) is 29.8 Å². The molecule has 1 fully saturated rings. The summed E-state index contributed by atoms with van der Waals surface area (Å²) in [4.78, 5) is 16.1. The standard InChI is InChI=1S/C18H24N4OS/c23-18(19-10-17-5-2-8-24-17)9-16-13-21(11-14-3-1-4-14)12-15-6-7-20-22(15)16/h2,5-8,14,16H,1,3-4,9-13H2,(H,19,23). The number of carbonyl (C=O) groups is 1. The van der Waals surface area contributed by atoms with E-state index < -0.39 is 0 Å². The number of thiophene rings is 1. The van der Waals surface area contributed by atoms with Crippen molar-refractivity contribution in [3.8, 4) is 0 Å². The van der Waals surface area contributed by atoms with Crippen LogP contribution in [0.5, 0.6) is 0 Å². The van der Waals surface area contributed by atoms with Crippen molar-refractivity contribution in [2.75, 3.05) is 13.1 Å². The molecule has 1 atom stereocenters. The number of hydrogen-bond acceptors (Lipinski definition) is 4. The van der Waals surface area contributed by atoms with Crippen LogP contribution in [-0.2, 0) is 17.9 Å². The van der Waals surface area contributed by atoms with E-state index >= 15 is 0 Å². The summed E-state index contributed by atoms with van der Waals surface area (Å²) in [5.74, 6) is 0.966. The molecular formula is C18H24N4OS. The van der Waals surface area contributed by atoms with Crippen LogP contribution in [0.1, 0.15) is 42.3 Å². The molecule has 5 nitrogen and oxygen atoms in total. The van der Waals surface area contributed by atoms with E-state index in [4.69, 9.17) is 0 Å². The first-order chi connectivity index (χ1) is 11.8. The van der Waals surface area contributed by atoms with Crippen molar-refractivity contribution in [3.05, 3.63) is 40.3 Å². The normalized spacial score (nSPS) is 21.2. The van der Waals surface area contributed by atoms with E-state index in [1.54, 1.807) is 11.3 Å². The molecule has 0 radical (unpaired) electrons. The fourth-order valence-electron chi connectivity index (χ4n) is 3.68. The van der Waals surface area contributed by atoms with Crippen molar-refractivity contribution in [2.45, 2.75) is 44.8 Å². The highest BCUT2D eigenvalue weighted by Gasteiger charge is 2.29. The van der Waals surface area contributed by atoms with Crippen molar-refractivity contribution in [1.29, 1.82) is 0 Å². The molecule has 0 aromatic carbocycles. The summed E-state index contributed by atoms with van der Waals surface area (Å²) in [5, 5.41) is 9.54. The molecule has 0 spiro atoms. The highest BCUT2D eigenvalue weighted by Crippen LogP contribution is 2.30. The predicted octanol–water partition coefficient (Wildman–Crippen LogP) is 2.81. The van der Waals surface area contributed by atoms with Gasteiger partial charge in [0.1, 0.15) is 0 Å². The van der Waals surface area contributed by atoms with Gasteiger partial charge in [0.15, 0.2) is 0 Å². The fraction of sp³-hybridized carbons (Fsp3) is 0.556. The Morgan fingerprint density at radius 1 is 1.38 bits per heavy atom. The maximum absolute atomic E-state index is 12.4. The Hall–Kier alpha value is -1.66. The van der Waals surface area contributed by atoms with E-state index in [9.17, 15) is 4.79 Å². The maximum Gasteiger partial charge on any atom is 0.222 e. The van der Waals surface area contributed by atoms with Crippen LogP contribution < -0.4 is 5.32 Å². The minimum atomic E-state index is 0.111. The lowest BCUT2D eigenvalue weighted by Crippen LogP contribution is -2.42. The molecular weight excluding hydrogens is 320 g/mol. The molecule has 24 heavy (non-hydrogen) atoms. The fourth-order valence-corrected chi connectivity index (χ4v) is 4.32. The molecule has 6 heteroatoms. The Kier molecular flexibility index (Phi) is 4.67. The molecule has 128 valence electrons. The average Bonchev–Trinajstić information content (AvgIpc) is 3.20. The SMILES string of the molecule is O=C(CC1CN(CC2CCC2)Cc2ccnn21)NCc1cccs1. The minimum Gasteiger partial charge on any atom is -0.351 e. The van der Waals surface area contributed by atoms with Crippen LogP contribution in [0, 0.1) is 5.92 Å². The minimum absolute atomic E-state index is 0.111. The van der Waals surface area contributed by atoms with Gasteiger partial charge in [0.05, 0.1) is 24.7 Å². The monoisotopic (exact) mass is 344 g/mol. The molecule has 1 unspecified atom stereocenters. The third kappa shape index (κ3) is 3.54. The van der Waals surface area contributed by atoms with Gasteiger partial charge >= 0.3 is 0 Å². The average molecular weight is 344 g/mol. The van der Waals surface area contributed by atoms with Gasteiger partial charge in [-0.3, -0.25) is 14.4 Å². The first-order valence-electron chi connectivity index (χ1n) is 8.82. The van der Waals surface area contributed by atoms with E-state index in [2.05, 4.69) is 32.1 Å². The summed E-state index contributed by atoms with van der Waals surface area (Å²) in [6, 6.07) is 6.30. The van der Waals surface area contributed by atoms with Crippen LogP contribution in [0.25, 0.3) is 0 Å². The van der Waals surface area contributed by atoms with E-state index in [1.165, 1.54) is 36.4 Å². The van der Waals surface area contributed by atoms with Crippen LogP contribution in [-0.4, -0.2) is 33.7 Å². The molecule has 1 amide bonds.